The van der Waals surface area contributed by atoms with E-state index < -0.39 is 5.92 Å². The molecule has 1 aromatic carbocycles. The first-order valence-corrected chi connectivity index (χ1v) is 6.18. The van der Waals surface area contributed by atoms with Gasteiger partial charge in [0.15, 0.2) is 0 Å². The van der Waals surface area contributed by atoms with E-state index in [1.807, 2.05) is 0 Å². The van der Waals surface area contributed by atoms with Crippen LogP contribution in [-0.4, -0.2) is 44.6 Å². The first-order chi connectivity index (χ1) is 9.42. The summed E-state index contributed by atoms with van der Waals surface area (Å²) in [5.41, 5.74) is 6.47. The highest BCUT2D eigenvalue weighted by Crippen LogP contribution is 2.25. The minimum atomic E-state index is -0.412. The van der Waals surface area contributed by atoms with Gasteiger partial charge in [-0.3, -0.25) is 9.59 Å². The van der Waals surface area contributed by atoms with Crippen molar-refractivity contribution >= 4 is 17.6 Å². The lowest BCUT2D eigenvalue weighted by Gasteiger charge is -2.22. The summed E-state index contributed by atoms with van der Waals surface area (Å²) in [6.45, 7) is 1.93. The van der Waals surface area contributed by atoms with Gasteiger partial charge < -0.3 is 20.1 Å². The number of carbonyl (C=O) groups is 2. The van der Waals surface area contributed by atoms with E-state index in [1.54, 1.807) is 32.2 Å². The topological polar surface area (TPSA) is 81.9 Å². The maximum absolute atomic E-state index is 12.4. The maximum atomic E-state index is 12.4. The van der Waals surface area contributed by atoms with E-state index in [0.717, 1.165) is 0 Å². The number of hydrogen-bond acceptors (Lipinski definition) is 5. The van der Waals surface area contributed by atoms with Gasteiger partial charge in [0.25, 0.3) is 5.91 Å². The third-order valence-electron chi connectivity index (χ3n) is 2.99. The fourth-order valence-corrected chi connectivity index (χ4v) is 1.91. The van der Waals surface area contributed by atoms with Crippen LogP contribution in [0.4, 0.5) is 5.69 Å². The Kier molecular flexibility index (Phi) is 5.37. The molecule has 6 heteroatoms. The van der Waals surface area contributed by atoms with Gasteiger partial charge in [0.2, 0.25) is 0 Å². The van der Waals surface area contributed by atoms with Crippen molar-refractivity contribution in [2.75, 3.05) is 33.5 Å². The number of hydrogen-bond donors (Lipinski definition) is 1. The minimum Gasteiger partial charge on any atom is -0.496 e. The normalized spacial score (nSPS) is 11.6. The van der Waals surface area contributed by atoms with E-state index in [-0.39, 0.29) is 18.4 Å². The summed E-state index contributed by atoms with van der Waals surface area (Å²) in [6.07, 6.45) is 0. The van der Waals surface area contributed by atoms with Crippen LogP contribution in [0.5, 0.6) is 5.75 Å². The average molecular weight is 280 g/mol. The van der Waals surface area contributed by atoms with Crippen LogP contribution in [0.15, 0.2) is 18.2 Å². The first-order valence-electron chi connectivity index (χ1n) is 6.18. The molecule has 0 heterocycles. The van der Waals surface area contributed by atoms with E-state index in [9.17, 15) is 9.59 Å². The number of ether oxygens (including phenoxy) is 2. The van der Waals surface area contributed by atoms with E-state index in [0.29, 0.717) is 17.0 Å². The fourth-order valence-electron chi connectivity index (χ4n) is 1.91. The van der Waals surface area contributed by atoms with Crippen LogP contribution in [-0.2, 0) is 9.53 Å². The number of methoxy groups -OCH3 is 2. The average Bonchev–Trinajstić information content (AvgIpc) is 2.44. The molecule has 20 heavy (non-hydrogen) atoms. The highest BCUT2D eigenvalue weighted by molar-refractivity contribution is 6.01. The molecule has 0 aliphatic rings. The number of nitrogen functional groups attached to an aromatic ring is 1. The zero-order chi connectivity index (χ0) is 15.3. The molecule has 2 N–H and O–H groups in total. The lowest BCUT2D eigenvalue weighted by Crippen LogP contribution is -2.34. The largest absolute Gasteiger partial charge is 0.496 e. The van der Waals surface area contributed by atoms with Crippen LogP contribution in [0.2, 0.25) is 0 Å². The molecular weight excluding hydrogens is 260 g/mol. The molecule has 1 amide bonds. The number of benzene rings is 1. The molecule has 0 saturated heterocycles. The molecule has 0 aliphatic carbocycles. The van der Waals surface area contributed by atoms with Crippen LogP contribution in [0.3, 0.4) is 0 Å². The van der Waals surface area contributed by atoms with E-state index in [1.165, 1.54) is 19.1 Å². The Hall–Kier alpha value is -2.24. The van der Waals surface area contributed by atoms with Gasteiger partial charge in [-0.25, -0.2) is 0 Å². The zero-order valence-corrected chi connectivity index (χ0v) is 12.2. The molecule has 0 bridgehead atoms. The number of nitrogens with zero attached hydrogens (tertiary/aromatic N) is 1. The Morgan fingerprint density at radius 3 is 2.55 bits per heavy atom. The fraction of sp³-hybridized carbons (Fsp3) is 0.429. The van der Waals surface area contributed by atoms with Gasteiger partial charge in [-0.2, -0.15) is 0 Å². The Labute approximate surface area is 118 Å². The second-order valence-electron chi connectivity index (χ2n) is 4.53. The molecule has 0 fully saturated rings. The molecule has 1 aromatic rings. The van der Waals surface area contributed by atoms with Crippen LogP contribution in [0, 0.1) is 5.92 Å². The standard InChI is InChI=1S/C14H20N2O4/c1-9(14(18)20-4)8-16(2)13(17)12-10(15)6-5-7-11(12)19-3/h5-7,9H,8,15H2,1-4H3. The van der Waals surface area contributed by atoms with Crippen LogP contribution in [0.25, 0.3) is 0 Å². The second-order valence-corrected chi connectivity index (χ2v) is 4.53. The van der Waals surface area contributed by atoms with Crippen molar-refractivity contribution in [2.45, 2.75) is 6.92 Å². The van der Waals surface area contributed by atoms with Crippen molar-refractivity contribution in [1.82, 2.24) is 4.90 Å². The monoisotopic (exact) mass is 280 g/mol. The third-order valence-corrected chi connectivity index (χ3v) is 2.99. The highest BCUT2D eigenvalue weighted by Gasteiger charge is 2.23. The summed E-state index contributed by atoms with van der Waals surface area (Å²) in [5, 5.41) is 0. The number of anilines is 1. The Balaban J connectivity index is 2.92. The molecule has 110 valence electrons. The van der Waals surface area contributed by atoms with Gasteiger partial charge in [0.05, 0.1) is 20.1 Å². The number of rotatable bonds is 5. The van der Waals surface area contributed by atoms with Crippen molar-refractivity contribution < 1.29 is 19.1 Å². The summed E-state index contributed by atoms with van der Waals surface area (Å²) in [4.78, 5) is 25.2. The number of esters is 1. The van der Waals surface area contributed by atoms with Crippen LogP contribution < -0.4 is 10.5 Å². The van der Waals surface area contributed by atoms with Gasteiger partial charge >= 0.3 is 5.97 Å². The maximum Gasteiger partial charge on any atom is 0.310 e. The lowest BCUT2D eigenvalue weighted by molar-refractivity contribution is -0.145. The number of carbonyl (C=O) groups excluding carboxylic acids is 2. The third kappa shape index (κ3) is 3.40. The predicted molar refractivity (Wildman–Crippen MR) is 75.5 cm³/mol. The summed E-state index contributed by atoms with van der Waals surface area (Å²) in [5.74, 6) is -0.661. The summed E-state index contributed by atoms with van der Waals surface area (Å²) in [7, 11) is 4.40. The van der Waals surface area contributed by atoms with Crippen molar-refractivity contribution in [2.24, 2.45) is 5.92 Å². The smallest absolute Gasteiger partial charge is 0.310 e. The van der Waals surface area contributed by atoms with Crippen LogP contribution in [0.1, 0.15) is 17.3 Å². The Bertz CT molecular complexity index is 502. The molecule has 0 aromatic heterocycles. The SMILES string of the molecule is COC(=O)C(C)CN(C)C(=O)c1c(N)cccc1OC. The molecule has 6 nitrogen and oxygen atoms in total. The van der Waals surface area contributed by atoms with Crippen molar-refractivity contribution in [3.63, 3.8) is 0 Å². The van der Waals surface area contributed by atoms with Gasteiger partial charge in [0, 0.05) is 19.3 Å². The zero-order valence-electron chi connectivity index (χ0n) is 12.2. The van der Waals surface area contributed by atoms with E-state index in [4.69, 9.17) is 10.5 Å². The Morgan fingerprint density at radius 2 is 2.00 bits per heavy atom. The summed E-state index contributed by atoms with van der Waals surface area (Å²) < 4.78 is 9.79. The van der Waals surface area contributed by atoms with Crippen molar-refractivity contribution in [1.29, 1.82) is 0 Å². The molecule has 0 aliphatic heterocycles. The molecule has 0 radical (unpaired) electrons. The molecule has 1 unspecified atom stereocenters. The van der Waals surface area contributed by atoms with Gasteiger partial charge in [-0.05, 0) is 12.1 Å². The molecule has 1 atom stereocenters. The molecule has 0 spiro atoms. The van der Waals surface area contributed by atoms with Crippen molar-refractivity contribution in [3.05, 3.63) is 23.8 Å². The van der Waals surface area contributed by atoms with Gasteiger partial charge in [-0.15, -0.1) is 0 Å². The van der Waals surface area contributed by atoms with Crippen molar-refractivity contribution in [3.8, 4) is 5.75 Å². The number of nitrogens with two attached hydrogens (primary N) is 1. The molecular formula is C14H20N2O4. The Morgan fingerprint density at radius 1 is 1.35 bits per heavy atom. The van der Waals surface area contributed by atoms with Gasteiger partial charge in [-0.1, -0.05) is 13.0 Å². The van der Waals surface area contributed by atoms with E-state index in [2.05, 4.69) is 4.74 Å². The molecule has 0 saturated carbocycles. The van der Waals surface area contributed by atoms with E-state index >= 15 is 0 Å². The minimum absolute atomic E-state index is 0.239. The predicted octanol–water partition coefficient (Wildman–Crippen LogP) is 1.16. The summed E-state index contributed by atoms with van der Waals surface area (Å²) in [6, 6.07) is 5.01. The second kappa shape index (κ2) is 6.79. The summed E-state index contributed by atoms with van der Waals surface area (Å²) >= 11 is 0. The first kappa shape index (κ1) is 15.8. The quantitative estimate of drug-likeness (QED) is 0.646. The highest BCUT2D eigenvalue weighted by atomic mass is 16.5. The molecule has 1 rings (SSSR count). The van der Waals surface area contributed by atoms with Gasteiger partial charge in [0.1, 0.15) is 11.3 Å². The van der Waals surface area contributed by atoms with Crippen LogP contribution >= 0.6 is 0 Å². The number of amides is 1. The lowest BCUT2D eigenvalue weighted by atomic mass is 10.1.